The third-order valence-corrected chi connectivity index (χ3v) is 7.42. The van der Waals surface area contributed by atoms with E-state index in [4.69, 9.17) is 0 Å². The summed E-state index contributed by atoms with van der Waals surface area (Å²) in [5.74, 6) is 0. The van der Waals surface area contributed by atoms with Crippen molar-refractivity contribution in [1.29, 1.82) is 0 Å². The molecule has 0 aromatic heterocycles. The molecule has 2 aromatic rings. The molecule has 0 fully saturated rings. The van der Waals surface area contributed by atoms with Crippen molar-refractivity contribution in [2.75, 3.05) is 0 Å². The van der Waals surface area contributed by atoms with Gasteiger partial charge in [0.2, 0.25) is 5.41 Å². The fourth-order valence-electron chi connectivity index (χ4n) is 5.80. The Bertz CT molecular complexity index is 1560. The maximum absolute atomic E-state index is 12.5. The van der Waals surface area contributed by atoms with Gasteiger partial charge in [-0.3, -0.25) is 20.2 Å². The number of nitro groups is 2. The Kier molecular flexibility index (Phi) is 4.16. The van der Waals surface area contributed by atoms with Gasteiger partial charge >= 0.3 is 0 Å². The van der Waals surface area contributed by atoms with Crippen molar-refractivity contribution in [2.24, 2.45) is 5.41 Å². The number of allylic oxidation sites excluding steroid dienone is 6. The average Bonchev–Trinajstić information content (AvgIpc) is 3.37. The standard InChI is InChI=1S/C29H22N2O4/c1-28(2,3)19-8-9-21-18(14-19)16-25-23(21)11-13-27(31(34)35)29(25)24-15-17-6-4-5-7-20(17)22(24)10-12-26(29)30(32)33/h4-16H,1-3H3. The third kappa shape index (κ3) is 2.71. The highest BCUT2D eigenvalue weighted by molar-refractivity contribution is 6.06. The van der Waals surface area contributed by atoms with E-state index < -0.39 is 15.3 Å². The Hall–Kier alpha value is -4.32. The van der Waals surface area contributed by atoms with Crippen LogP contribution in [0.25, 0.3) is 23.3 Å². The van der Waals surface area contributed by atoms with E-state index >= 15 is 0 Å². The maximum atomic E-state index is 12.5. The number of hydrogen-bond donors (Lipinski definition) is 0. The molecule has 2 aromatic carbocycles. The lowest BCUT2D eigenvalue weighted by Gasteiger charge is -2.36. The Morgan fingerprint density at radius 1 is 0.714 bits per heavy atom. The summed E-state index contributed by atoms with van der Waals surface area (Å²) in [7, 11) is 0. The van der Waals surface area contributed by atoms with Crippen LogP contribution in [0.3, 0.4) is 0 Å². The number of fused-ring (bicyclic) bond motifs is 8. The van der Waals surface area contributed by atoms with E-state index in [0.29, 0.717) is 11.1 Å². The number of hydrogen-bond acceptors (Lipinski definition) is 4. The maximum Gasteiger partial charge on any atom is 0.272 e. The Morgan fingerprint density at radius 3 is 1.83 bits per heavy atom. The van der Waals surface area contributed by atoms with Crippen molar-refractivity contribution in [3.8, 4) is 0 Å². The summed E-state index contributed by atoms with van der Waals surface area (Å²) in [6.07, 6.45) is 10.1. The van der Waals surface area contributed by atoms with E-state index in [1.54, 1.807) is 12.2 Å². The van der Waals surface area contributed by atoms with Crippen LogP contribution in [0.1, 0.15) is 48.6 Å². The van der Waals surface area contributed by atoms with Gasteiger partial charge in [-0.1, -0.05) is 63.2 Å². The summed E-state index contributed by atoms with van der Waals surface area (Å²) in [4.78, 5) is 24.0. The largest absolute Gasteiger partial charge is 0.272 e. The molecule has 0 saturated carbocycles. The van der Waals surface area contributed by atoms with Gasteiger partial charge in [-0.05, 0) is 79.8 Å². The molecule has 4 aliphatic rings. The van der Waals surface area contributed by atoms with Crippen LogP contribution in [0.15, 0.2) is 89.3 Å². The quantitative estimate of drug-likeness (QED) is 0.373. The number of benzene rings is 2. The molecule has 0 N–H and O–H groups in total. The number of nitrogens with zero attached hydrogens (tertiary/aromatic N) is 2. The van der Waals surface area contributed by atoms with Gasteiger partial charge in [-0.15, -0.1) is 0 Å². The second-order valence-corrected chi connectivity index (χ2v) is 10.3. The predicted molar refractivity (Wildman–Crippen MR) is 136 cm³/mol. The van der Waals surface area contributed by atoms with Gasteiger partial charge in [0.25, 0.3) is 11.4 Å². The molecular weight excluding hydrogens is 440 g/mol. The molecule has 0 bridgehead atoms. The van der Waals surface area contributed by atoms with E-state index in [9.17, 15) is 20.2 Å². The zero-order valence-electron chi connectivity index (χ0n) is 19.5. The second-order valence-electron chi connectivity index (χ2n) is 10.3. The zero-order valence-corrected chi connectivity index (χ0v) is 19.5. The highest BCUT2D eigenvalue weighted by Gasteiger charge is 2.63. The van der Waals surface area contributed by atoms with E-state index in [1.165, 1.54) is 12.2 Å². The molecule has 172 valence electrons. The van der Waals surface area contributed by atoms with Crippen molar-refractivity contribution in [3.63, 3.8) is 0 Å². The molecule has 0 saturated heterocycles. The summed E-state index contributed by atoms with van der Waals surface area (Å²) in [6, 6.07) is 13.9. The Balaban J connectivity index is 1.68. The van der Waals surface area contributed by atoms with E-state index in [0.717, 1.165) is 39.0 Å². The third-order valence-electron chi connectivity index (χ3n) is 7.42. The van der Waals surface area contributed by atoms with E-state index in [1.807, 2.05) is 42.5 Å². The van der Waals surface area contributed by atoms with Crippen molar-refractivity contribution in [1.82, 2.24) is 0 Å². The molecule has 4 aliphatic carbocycles. The van der Waals surface area contributed by atoms with Crippen LogP contribution in [0.5, 0.6) is 0 Å². The summed E-state index contributed by atoms with van der Waals surface area (Å²) >= 11 is 0. The van der Waals surface area contributed by atoms with Crippen LogP contribution < -0.4 is 0 Å². The average molecular weight is 463 g/mol. The molecule has 6 heteroatoms. The second kappa shape index (κ2) is 6.85. The van der Waals surface area contributed by atoms with Crippen molar-refractivity contribution in [3.05, 3.63) is 137 Å². The van der Waals surface area contributed by atoms with Crippen LogP contribution in [0.2, 0.25) is 0 Å². The molecule has 0 aliphatic heterocycles. The predicted octanol–water partition coefficient (Wildman–Crippen LogP) is 6.58. The molecule has 1 atom stereocenters. The van der Waals surface area contributed by atoms with Gasteiger partial charge in [0.05, 0.1) is 9.85 Å². The minimum Gasteiger partial charge on any atom is -0.259 e. The van der Waals surface area contributed by atoms with Crippen LogP contribution in [-0.2, 0) is 5.41 Å². The molecule has 6 nitrogen and oxygen atoms in total. The highest BCUT2D eigenvalue weighted by Crippen LogP contribution is 2.64. The smallest absolute Gasteiger partial charge is 0.259 e. The first kappa shape index (κ1) is 21.2. The molecule has 1 unspecified atom stereocenters. The molecule has 0 amide bonds. The van der Waals surface area contributed by atoms with Gasteiger partial charge in [-0.2, -0.15) is 0 Å². The van der Waals surface area contributed by atoms with Gasteiger partial charge in [0.15, 0.2) is 0 Å². The van der Waals surface area contributed by atoms with Gasteiger partial charge in [-0.25, -0.2) is 0 Å². The van der Waals surface area contributed by atoms with Crippen LogP contribution in [-0.4, -0.2) is 9.85 Å². The zero-order chi connectivity index (χ0) is 24.7. The van der Waals surface area contributed by atoms with Gasteiger partial charge in [0, 0.05) is 12.2 Å². The monoisotopic (exact) mass is 462 g/mol. The molecule has 1 spiro atoms. The summed E-state index contributed by atoms with van der Waals surface area (Å²) in [5.41, 5.74) is 5.43. The van der Waals surface area contributed by atoms with Crippen LogP contribution >= 0.6 is 0 Å². The first-order valence-corrected chi connectivity index (χ1v) is 11.5. The number of rotatable bonds is 2. The topological polar surface area (TPSA) is 86.3 Å². The van der Waals surface area contributed by atoms with Gasteiger partial charge < -0.3 is 0 Å². The fourth-order valence-corrected chi connectivity index (χ4v) is 5.80. The minimum atomic E-state index is -1.62. The van der Waals surface area contributed by atoms with Crippen molar-refractivity contribution < 1.29 is 9.85 Å². The molecular formula is C29H22N2O4. The lowest BCUT2D eigenvalue weighted by atomic mass is 9.61. The molecule has 6 rings (SSSR count). The molecule has 0 radical (unpaired) electrons. The van der Waals surface area contributed by atoms with Crippen LogP contribution in [0.4, 0.5) is 0 Å². The first-order chi connectivity index (χ1) is 16.6. The minimum absolute atomic E-state index is 0.0834. The normalized spacial score (nSPS) is 21.5. The first-order valence-electron chi connectivity index (χ1n) is 11.5. The van der Waals surface area contributed by atoms with Crippen molar-refractivity contribution >= 4 is 23.3 Å². The SMILES string of the molecule is CC(C)(C)c1ccc2c(c1)C=C1C2=CC=C([N+](=O)[O-])C12C1=Cc3ccccc3C1=CC=C2[N+](=O)[O-]. The highest BCUT2D eigenvalue weighted by atomic mass is 16.6. The molecule has 0 heterocycles. The van der Waals surface area contributed by atoms with E-state index in [2.05, 4.69) is 32.9 Å². The lowest BCUT2D eigenvalue weighted by molar-refractivity contribution is -0.465. The Morgan fingerprint density at radius 2 is 1.26 bits per heavy atom. The summed E-state index contributed by atoms with van der Waals surface area (Å²) in [5, 5.41) is 25.0. The molecule has 35 heavy (non-hydrogen) atoms. The summed E-state index contributed by atoms with van der Waals surface area (Å²) in [6.45, 7) is 6.39. The lowest BCUT2D eigenvalue weighted by Crippen LogP contribution is -2.39. The van der Waals surface area contributed by atoms with Crippen LogP contribution in [0, 0.1) is 25.6 Å². The fraction of sp³-hybridized carbons (Fsp3) is 0.172. The van der Waals surface area contributed by atoms with Crippen molar-refractivity contribution in [2.45, 2.75) is 26.2 Å². The van der Waals surface area contributed by atoms with E-state index in [-0.39, 0.29) is 16.8 Å². The summed E-state index contributed by atoms with van der Waals surface area (Å²) < 4.78 is 0. The van der Waals surface area contributed by atoms with Gasteiger partial charge in [0.1, 0.15) is 0 Å². The Labute approximate surface area is 202 Å².